The zero-order chi connectivity index (χ0) is 13.5. The molecule has 0 bridgehead atoms. The van der Waals surface area contributed by atoms with Gasteiger partial charge in [0.25, 0.3) is 0 Å². The lowest BCUT2D eigenvalue weighted by Gasteiger charge is -2.27. The average molecular weight is 267 g/mol. The van der Waals surface area contributed by atoms with Crippen LogP contribution >= 0.6 is 11.8 Å². The van der Waals surface area contributed by atoms with Gasteiger partial charge in [0.05, 0.1) is 6.10 Å². The Morgan fingerprint density at radius 1 is 1.28 bits per heavy atom. The smallest absolute Gasteiger partial charge is 0.0787 e. The first-order valence-corrected chi connectivity index (χ1v) is 7.99. The Balaban J connectivity index is 2.66. The Bertz CT molecular complexity index is 339. The van der Waals surface area contributed by atoms with E-state index in [0.29, 0.717) is 6.04 Å². The number of hydrogen-bond donors (Lipinski definition) is 1. The zero-order valence-corrected chi connectivity index (χ0v) is 12.7. The number of anilines is 1. The highest BCUT2D eigenvalue weighted by Gasteiger charge is 2.10. The molecule has 1 aromatic rings. The van der Waals surface area contributed by atoms with Crippen LogP contribution in [0.5, 0.6) is 0 Å². The first-order valence-electron chi connectivity index (χ1n) is 6.60. The minimum atomic E-state index is -0.335. The number of thioether (sulfide) groups is 1. The lowest BCUT2D eigenvalue weighted by Crippen LogP contribution is -2.29. The van der Waals surface area contributed by atoms with Crippen molar-refractivity contribution < 1.29 is 5.11 Å². The molecule has 18 heavy (non-hydrogen) atoms. The third kappa shape index (κ3) is 4.21. The number of nitrogens with zero attached hydrogens (tertiary/aromatic N) is 1. The molecule has 0 aromatic heterocycles. The number of rotatable bonds is 7. The molecule has 2 atom stereocenters. The second-order valence-electron chi connectivity index (χ2n) is 4.76. The van der Waals surface area contributed by atoms with Gasteiger partial charge in [-0.15, -0.1) is 0 Å². The standard InChI is InChI=1S/C15H25NOS/c1-5-15(17)13-6-8-14(9-7-13)16(3)12(2)10-11-18-4/h6-9,12,15,17H,5,10-11H2,1-4H3/t12?,15-/m0/s1. The predicted molar refractivity (Wildman–Crippen MR) is 82.6 cm³/mol. The van der Waals surface area contributed by atoms with Gasteiger partial charge >= 0.3 is 0 Å². The molecule has 2 nitrogen and oxygen atoms in total. The highest BCUT2D eigenvalue weighted by atomic mass is 32.2. The molecule has 1 N–H and O–H groups in total. The zero-order valence-electron chi connectivity index (χ0n) is 11.9. The molecule has 0 aliphatic carbocycles. The summed E-state index contributed by atoms with van der Waals surface area (Å²) in [4.78, 5) is 2.30. The summed E-state index contributed by atoms with van der Waals surface area (Å²) in [6, 6.07) is 8.80. The van der Waals surface area contributed by atoms with Crippen LogP contribution in [0.15, 0.2) is 24.3 Å². The van der Waals surface area contributed by atoms with Crippen molar-refractivity contribution in [3.8, 4) is 0 Å². The van der Waals surface area contributed by atoms with Crippen LogP contribution in [-0.4, -0.2) is 30.2 Å². The van der Waals surface area contributed by atoms with Crippen molar-refractivity contribution in [1.29, 1.82) is 0 Å². The molecule has 102 valence electrons. The van der Waals surface area contributed by atoms with Gasteiger partial charge in [-0.05, 0) is 49.5 Å². The SMILES string of the molecule is CC[C@H](O)c1ccc(N(C)C(C)CCSC)cc1. The number of hydrogen-bond acceptors (Lipinski definition) is 3. The summed E-state index contributed by atoms with van der Waals surface area (Å²) in [5.41, 5.74) is 2.22. The highest BCUT2D eigenvalue weighted by Crippen LogP contribution is 2.22. The number of aliphatic hydroxyl groups excluding tert-OH is 1. The Morgan fingerprint density at radius 2 is 1.89 bits per heavy atom. The van der Waals surface area contributed by atoms with Gasteiger partial charge < -0.3 is 10.0 Å². The molecule has 0 spiro atoms. The van der Waals surface area contributed by atoms with Gasteiger partial charge in [-0.2, -0.15) is 11.8 Å². The summed E-state index contributed by atoms with van der Waals surface area (Å²) in [7, 11) is 2.14. The summed E-state index contributed by atoms with van der Waals surface area (Å²) < 4.78 is 0. The third-order valence-corrected chi connectivity index (χ3v) is 4.12. The van der Waals surface area contributed by atoms with Crippen molar-refractivity contribution in [2.75, 3.05) is 24.0 Å². The first-order chi connectivity index (χ1) is 8.60. The first kappa shape index (κ1) is 15.4. The van der Waals surface area contributed by atoms with E-state index in [1.165, 1.54) is 17.9 Å². The van der Waals surface area contributed by atoms with Crippen LogP contribution in [0.3, 0.4) is 0 Å². The van der Waals surface area contributed by atoms with Crippen molar-refractivity contribution in [3.63, 3.8) is 0 Å². The Hall–Kier alpha value is -0.670. The summed E-state index contributed by atoms with van der Waals surface area (Å²) in [6.07, 6.45) is 3.77. The van der Waals surface area contributed by atoms with Gasteiger partial charge in [-0.3, -0.25) is 0 Å². The summed E-state index contributed by atoms with van der Waals surface area (Å²) >= 11 is 1.89. The van der Waals surface area contributed by atoms with Gasteiger partial charge in [0.2, 0.25) is 0 Å². The molecule has 0 fully saturated rings. The lowest BCUT2D eigenvalue weighted by molar-refractivity contribution is 0.173. The van der Waals surface area contributed by atoms with Crippen molar-refractivity contribution in [3.05, 3.63) is 29.8 Å². The lowest BCUT2D eigenvalue weighted by atomic mass is 10.1. The Labute approximate surface area is 115 Å². The average Bonchev–Trinajstić information content (AvgIpc) is 2.43. The molecule has 1 unspecified atom stereocenters. The Kier molecular flexibility index (Phi) is 6.58. The minimum Gasteiger partial charge on any atom is -0.388 e. The molecular formula is C15H25NOS. The monoisotopic (exact) mass is 267 g/mol. The minimum absolute atomic E-state index is 0.335. The van der Waals surface area contributed by atoms with Gasteiger partial charge in [0, 0.05) is 18.8 Å². The van der Waals surface area contributed by atoms with Crippen molar-refractivity contribution in [1.82, 2.24) is 0 Å². The summed E-state index contributed by atoms with van der Waals surface area (Å²) in [6.45, 7) is 4.25. The molecule has 0 aliphatic rings. The summed E-state index contributed by atoms with van der Waals surface area (Å²) in [5, 5.41) is 9.77. The van der Waals surface area contributed by atoms with Crippen LogP contribution < -0.4 is 4.90 Å². The maximum absolute atomic E-state index is 9.77. The fourth-order valence-electron chi connectivity index (χ4n) is 1.90. The van der Waals surface area contributed by atoms with Gasteiger partial charge in [-0.25, -0.2) is 0 Å². The van der Waals surface area contributed by atoms with Crippen LogP contribution in [0.1, 0.15) is 38.4 Å². The Morgan fingerprint density at radius 3 is 2.39 bits per heavy atom. The van der Waals surface area contributed by atoms with Crippen LogP contribution in [0.4, 0.5) is 5.69 Å². The molecule has 0 amide bonds. The van der Waals surface area contributed by atoms with E-state index >= 15 is 0 Å². The van der Waals surface area contributed by atoms with Gasteiger partial charge in [0.1, 0.15) is 0 Å². The van der Waals surface area contributed by atoms with E-state index in [2.05, 4.69) is 37.3 Å². The molecule has 0 saturated carbocycles. The van der Waals surface area contributed by atoms with E-state index in [1.54, 1.807) is 0 Å². The third-order valence-electron chi connectivity index (χ3n) is 3.47. The van der Waals surface area contributed by atoms with Crippen LogP contribution in [-0.2, 0) is 0 Å². The van der Waals surface area contributed by atoms with E-state index < -0.39 is 0 Å². The second kappa shape index (κ2) is 7.70. The predicted octanol–water partition coefficient (Wildman–Crippen LogP) is 3.71. The van der Waals surface area contributed by atoms with Crippen molar-refractivity contribution in [2.24, 2.45) is 0 Å². The molecule has 1 rings (SSSR count). The van der Waals surface area contributed by atoms with E-state index in [1.807, 2.05) is 30.8 Å². The topological polar surface area (TPSA) is 23.5 Å². The highest BCUT2D eigenvalue weighted by molar-refractivity contribution is 7.98. The van der Waals surface area contributed by atoms with Crippen molar-refractivity contribution >= 4 is 17.4 Å². The van der Waals surface area contributed by atoms with E-state index in [-0.39, 0.29) is 6.10 Å². The number of aliphatic hydroxyl groups is 1. The van der Waals surface area contributed by atoms with Gasteiger partial charge in [0.15, 0.2) is 0 Å². The molecule has 0 heterocycles. The van der Waals surface area contributed by atoms with Crippen LogP contribution in [0.2, 0.25) is 0 Å². The van der Waals surface area contributed by atoms with Crippen LogP contribution in [0.25, 0.3) is 0 Å². The number of benzene rings is 1. The summed E-state index contributed by atoms with van der Waals surface area (Å²) in [5.74, 6) is 1.19. The molecule has 0 radical (unpaired) electrons. The van der Waals surface area contributed by atoms with E-state index in [0.717, 1.165) is 12.0 Å². The van der Waals surface area contributed by atoms with Gasteiger partial charge in [-0.1, -0.05) is 19.1 Å². The largest absolute Gasteiger partial charge is 0.388 e. The van der Waals surface area contributed by atoms with Crippen molar-refractivity contribution in [2.45, 2.75) is 38.8 Å². The molecule has 1 aromatic carbocycles. The van der Waals surface area contributed by atoms with E-state index in [9.17, 15) is 5.11 Å². The molecule has 3 heteroatoms. The molecular weight excluding hydrogens is 242 g/mol. The van der Waals surface area contributed by atoms with E-state index in [4.69, 9.17) is 0 Å². The normalized spacial score (nSPS) is 14.3. The fraction of sp³-hybridized carbons (Fsp3) is 0.600. The fourth-order valence-corrected chi connectivity index (χ4v) is 2.48. The molecule has 0 aliphatic heterocycles. The molecule has 0 saturated heterocycles. The van der Waals surface area contributed by atoms with Crippen LogP contribution in [0, 0.1) is 0 Å². The second-order valence-corrected chi connectivity index (χ2v) is 5.74. The quantitative estimate of drug-likeness (QED) is 0.814. The maximum atomic E-state index is 9.77. The maximum Gasteiger partial charge on any atom is 0.0787 e.